The maximum Gasteiger partial charge on any atom is 0.223 e. The van der Waals surface area contributed by atoms with Crippen LogP contribution in [0.5, 0.6) is 0 Å². The Labute approximate surface area is 195 Å². The molecular weight excluding hydrogens is 430 g/mol. The number of nitrogens with zero attached hydrogens (tertiary/aromatic N) is 5. The SMILES string of the molecule is Cc1nc2c3ccccc3nn2c(C)c1CCC(=O)N1CCC[C@@H]1c1nc2ccccc2s1. The number of carbonyl (C=O) groups is 1. The number of carbonyl (C=O) groups excluding carboxylic acids is 1. The number of likely N-dealkylation sites (tertiary alicyclic amines) is 1. The zero-order chi connectivity index (χ0) is 22.5. The highest BCUT2D eigenvalue weighted by molar-refractivity contribution is 7.18. The number of aromatic nitrogens is 4. The Morgan fingerprint density at radius 3 is 2.70 bits per heavy atom. The van der Waals surface area contributed by atoms with E-state index in [1.807, 2.05) is 52.7 Å². The number of amides is 1. The predicted octanol–water partition coefficient (Wildman–Crippen LogP) is 5.41. The van der Waals surface area contributed by atoms with Crippen LogP contribution in [0.1, 0.15) is 47.3 Å². The largest absolute Gasteiger partial charge is 0.333 e. The molecule has 0 spiro atoms. The summed E-state index contributed by atoms with van der Waals surface area (Å²) >= 11 is 1.71. The van der Waals surface area contributed by atoms with Crippen molar-refractivity contribution in [3.05, 3.63) is 70.5 Å². The number of rotatable bonds is 4. The quantitative estimate of drug-likeness (QED) is 0.364. The van der Waals surface area contributed by atoms with E-state index in [2.05, 4.69) is 19.1 Å². The molecule has 3 aromatic heterocycles. The molecule has 1 aliphatic heterocycles. The van der Waals surface area contributed by atoms with Gasteiger partial charge in [0, 0.05) is 29.7 Å². The fraction of sp³-hybridized carbons (Fsp3) is 0.308. The van der Waals surface area contributed by atoms with Gasteiger partial charge in [0.1, 0.15) is 5.01 Å². The van der Waals surface area contributed by atoms with E-state index >= 15 is 0 Å². The van der Waals surface area contributed by atoms with E-state index in [-0.39, 0.29) is 11.9 Å². The van der Waals surface area contributed by atoms with Crippen molar-refractivity contribution in [2.24, 2.45) is 0 Å². The number of fused-ring (bicyclic) bond motifs is 4. The van der Waals surface area contributed by atoms with E-state index in [1.54, 1.807) is 11.3 Å². The molecule has 2 aromatic carbocycles. The third kappa shape index (κ3) is 3.38. The zero-order valence-corrected chi connectivity index (χ0v) is 19.6. The van der Waals surface area contributed by atoms with E-state index in [9.17, 15) is 4.79 Å². The maximum atomic E-state index is 13.3. The Balaban J connectivity index is 1.25. The second kappa shape index (κ2) is 7.92. The summed E-state index contributed by atoms with van der Waals surface area (Å²) in [4.78, 5) is 25.0. The summed E-state index contributed by atoms with van der Waals surface area (Å²) in [6.07, 6.45) is 3.14. The zero-order valence-electron chi connectivity index (χ0n) is 18.8. The molecule has 4 heterocycles. The van der Waals surface area contributed by atoms with Crippen molar-refractivity contribution in [2.45, 2.75) is 45.6 Å². The summed E-state index contributed by atoms with van der Waals surface area (Å²) in [5, 5.41) is 6.86. The second-order valence-corrected chi connectivity index (χ2v) is 9.84. The van der Waals surface area contributed by atoms with Crippen molar-refractivity contribution in [1.29, 1.82) is 0 Å². The number of para-hydroxylation sites is 1. The van der Waals surface area contributed by atoms with Crippen molar-refractivity contribution in [3.63, 3.8) is 0 Å². The number of thiazole rings is 1. The van der Waals surface area contributed by atoms with Crippen LogP contribution in [-0.2, 0) is 11.2 Å². The number of aryl methyl sites for hydroxylation is 2. The van der Waals surface area contributed by atoms with Gasteiger partial charge in [0.05, 0.1) is 21.8 Å². The number of hydrogen-bond acceptors (Lipinski definition) is 5. The Hall–Kier alpha value is -3.32. The molecule has 0 radical (unpaired) electrons. The fourth-order valence-electron chi connectivity index (χ4n) is 5.07. The van der Waals surface area contributed by atoms with Gasteiger partial charge in [0.15, 0.2) is 5.65 Å². The van der Waals surface area contributed by atoms with Gasteiger partial charge in [-0.25, -0.2) is 14.5 Å². The van der Waals surface area contributed by atoms with Gasteiger partial charge in [-0.15, -0.1) is 11.3 Å². The molecule has 1 aliphatic rings. The minimum atomic E-state index is 0.0918. The summed E-state index contributed by atoms with van der Waals surface area (Å²) in [5.41, 5.74) is 5.99. The normalized spacial score (nSPS) is 16.4. The molecule has 0 aliphatic carbocycles. The van der Waals surface area contributed by atoms with Gasteiger partial charge in [0.25, 0.3) is 0 Å². The van der Waals surface area contributed by atoms with Crippen molar-refractivity contribution >= 4 is 44.0 Å². The molecule has 166 valence electrons. The molecule has 33 heavy (non-hydrogen) atoms. The van der Waals surface area contributed by atoms with Crippen LogP contribution in [0.15, 0.2) is 48.5 Å². The Morgan fingerprint density at radius 1 is 1.06 bits per heavy atom. The fourth-order valence-corrected chi connectivity index (χ4v) is 6.18. The summed E-state index contributed by atoms with van der Waals surface area (Å²) in [5.74, 6) is 0.196. The third-order valence-electron chi connectivity index (χ3n) is 6.78. The third-order valence-corrected chi connectivity index (χ3v) is 7.91. The van der Waals surface area contributed by atoms with Gasteiger partial charge < -0.3 is 4.90 Å². The second-order valence-electron chi connectivity index (χ2n) is 8.78. The molecule has 1 atom stereocenters. The molecule has 0 bridgehead atoms. The highest BCUT2D eigenvalue weighted by Gasteiger charge is 2.32. The highest BCUT2D eigenvalue weighted by Crippen LogP contribution is 2.37. The Kier molecular flexibility index (Phi) is 4.87. The van der Waals surface area contributed by atoms with E-state index in [0.717, 1.165) is 63.4 Å². The molecule has 6 nitrogen and oxygen atoms in total. The first kappa shape index (κ1) is 20.3. The van der Waals surface area contributed by atoms with E-state index in [1.165, 1.54) is 4.70 Å². The summed E-state index contributed by atoms with van der Waals surface area (Å²) in [6.45, 7) is 4.92. The minimum absolute atomic E-state index is 0.0918. The van der Waals surface area contributed by atoms with Crippen LogP contribution in [0, 0.1) is 13.8 Å². The summed E-state index contributed by atoms with van der Waals surface area (Å²) < 4.78 is 3.11. The van der Waals surface area contributed by atoms with Crippen molar-refractivity contribution < 1.29 is 4.79 Å². The number of benzene rings is 2. The van der Waals surface area contributed by atoms with Crippen LogP contribution >= 0.6 is 11.3 Å². The first-order valence-electron chi connectivity index (χ1n) is 11.5. The van der Waals surface area contributed by atoms with Crippen molar-refractivity contribution in [1.82, 2.24) is 24.5 Å². The lowest BCUT2D eigenvalue weighted by atomic mass is 10.1. The van der Waals surface area contributed by atoms with E-state index in [4.69, 9.17) is 15.1 Å². The Bertz CT molecular complexity index is 1480. The molecule has 1 fully saturated rings. The van der Waals surface area contributed by atoms with Crippen LogP contribution in [-0.4, -0.2) is 36.9 Å². The lowest BCUT2D eigenvalue weighted by Gasteiger charge is -2.23. The first-order chi connectivity index (χ1) is 16.1. The minimum Gasteiger partial charge on any atom is -0.333 e. The van der Waals surface area contributed by atoms with E-state index < -0.39 is 0 Å². The average molecular weight is 456 g/mol. The van der Waals surface area contributed by atoms with Crippen LogP contribution < -0.4 is 0 Å². The van der Waals surface area contributed by atoms with Gasteiger partial charge in [-0.1, -0.05) is 24.3 Å². The summed E-state index contributed by atoms with van der Waals surface area (Å²) in [7, 11) is 0. The molecule has 7 heteroatoms. The molecule has 0 unspecified atom stereocenters. The van der Waals surface area contributed by atoms with Gasteiger partial charge in [0.2, 0.25) is 5.91 Å². The monoisotopic (exact) mass is 455 g/mol. The van der Waals surface area contributed by atoms with Crippen LogP contribution in [0.3, 0.4) is 0 Å². The van der Waals surface area contributed by atoms with Gasteiger partial charge in [-0.3, -0.25) is 4.79 Å². The van der Waals surface area contributed by atoms with Crippen molar-refractivity contribution in [3.8, 4) is 0 Å². The van der Waals surface area contributed by atoms with Gasteiger partial charge >= 0.3 is 0 Å². The topological polar surface area (TPSA) is 63.4 Å². The lowest BCUT2D eigenvalue weighted by Crippen LogP contribution is -2.30. The smallest absolute Gasteiger partial charge is 0.223 e. The van der Waals surface area contributed by atoms with Crippen molar-refractivity contribution in [2.75, 3.05) is 6.54 Å². The molecule has 0 saturated carbocycles. The van der Waals surface area contributed by atoms with Gasteiger partial charge in [-0.05, 0) is 62.9 Å². The molecule has 0 N–H and O–H groups in total. The standard InChI is InChI=1S/C26H25N5OS/c1-16-18(17(2)31-25(27-16)19-8-3-4-9-20(19)29-31)13-14-24(32)30-15-7-11-22(30)26-28-21-10-5-6-12-23(21)33-26/h3-6,8-10,12,22H,7,11,13-15H2,1-2H3/t22-/m1/s1. The van der Waals surface area contributed by atoms with Gasteiger partial charge in [-0.2, -0.15) is 5.10 Å². The predicted molar refractivity (Wildman–Crippen MR) is 132 cm³/mol. The highest BCUT2D eigenvalue weighted by atomic mass is 32.1. The first-order valence-corrected chi connectivity index (χ1v) is 12.3. The van der Waals surface area contributed by atoms with Crippen LogP contribution in [0.4, 0.5) is 0 Å². The Morgan fingerprint density at radius 2 is 1.85 bits per heavy atom. The maximum absolute atomic E-state index is 13.3. The summed E-state index contributed by atoms with van der Waals surface area (Å²) in [6, 6.07) is 16.4. The van der Waals surface area contributed by atoms with E-state index in [0.29, 0.717) is 12.8 Å². The average Bonchev–Trinajstić information content (AvgIpc) is 3.55. The molecule has 5 aromatic rings. The number of hydrogen-bond donors (Lipinski definition) is 0. The molecule has 1 saturated heterocycles. The lowest BCUT2D eigenvalue weighted by molar-refractivity contribution is -0.132. The van der Waals surface area contributed by atoms with Crippen LogP contribution in [0.25, 0.3) is 26.8 Å². The molecular formula is C26H25N5OS. The molecule has 6 rings (SSSR count). The molecule has 1 amide bonds. The van der Waals surface area contributed by atoms with Crippen LogP contribution in [0.2, 0.25) is 0 Å².